The summed E-state index contributed by atoms with van der Waals surface area (Å²) in [6.45, 7) is 0.483. The zero-order chi connectivity index (χ0) is 15.4. The quantitative estimate of drug-likeness (QED) is 0.744. The monoisotopic (exact) mass is 390 g/mol. The minimum atomic E-state index is 0.398. The molecule has 1 aromatic heterocycles. The first-order chi connectivity index (χ1) is 10.1. The van der Waals surface area contributed by atoms with Gasteiger partial charge in [-0.2, -0.15) is 0 Å². The van der Waals surface area contributed by atoms with Crippen molar-refractivity contribution in [3.63, 3.8) is 0 Å². The summed E-state index contributed by atoms with van der Waals surface area (Å²) in [7, 11) is 3.12. The molecule has 1 heterocycles. The van der Waals surface area contributed by atoms with Crippen LogP contribution in [0, 0.1) is 0 Å². The first-order valence-corrected chi connectivity index (χ1v) is 7.56. The third kappa shape index (κ3) is 3.73. The number of rotatable bonds is 5. The lowest BCUT2D eigenvalue weighted by Crippen LogP contribution is -2.03. The fourth-order valence-corrected chi connectivity index (χ4v) is 2.61. The minimum Gasteiger partial charge on any atom is -0.493 e. The molecule has 0 aliphatic rings. The van der Waals surface area contributed by atoms with Crippen LogP contribution in [0.25, 0.3) is 0 Å². The summed E-state index contributed by atoms with van der Waals surface area (Å²) >= 11 is 15.7. The molecule has 1 N–H and O–H groups in total. The van der Waals surface area contributed by atoms with E-state index >= 15 is 0 Å². The van der Waals surface area contributed by atoms with Gasteiger partial charge in [-0.1, -0.05) is 29.3 Å². The summed E-state index contributed by atoms with van der Waals surface area (Å²) in [6, 6.07) is 5.53. The summed E-state index contributed by atoms with van der Waals surface area (Å²) in [5, 5.41) is 4.10. The van der Waals surface area contributed by atoms with Crippen LogP contribution < -0.4 is 14.8 Å². The van der Waals surface area contributed by atoms with E-state index in [-0.39, 0.29) is 0 Å². The van der Waals surface area contributed by atoms with E-state index in [1.165, 1.54) is 0 Å². The molecule has 0 saturated heterocycles. The van der Waals surface area contributed by atoms with Gasteiger partial charge in [-0.25, -0.2) is 4.98 Å². The number of pyridine rings is 1. The molecule has 0 saturated carbocycles. The highest BCUT2D eigenvalue weighted by Crippen LogP contribution is 2.37. The number of halogens is 3. The predicted molar refractivity (Wildman–Crippen MR) is 88.8 cm³/mol. The van der Waals surface area contributed by atoms with Gasteiger partial charge in [-0.05, 0) is 33.6 Å². The summed E-state index contributed by atoms with van der Waals surface area (Å²) in [4.78, 5) is 4.05. The molecule has 1 aromatic carbocycles. The van der Waals surface area contributed by atoms with Gasteiger partial charge in [0, 0.05) is 17.2 Å². The van der Waals surface area contributed by atoms with Crippen molar-refractivity contribution in [2.45, 2.75) is 6.54 Å². The van der Waals surface area contributed by atoms with Crippen molar-refractivity contribution >= 4 is 44.8 Å². The van der Waals surface area contributed by atoms with Crippen LogP contribution in [0.2, 0.25) is 10.2 Å². The number of benzene rings is 1. The Morgan fingerprint density at radius 2 is 2.00 bits per heavy atom. The second-order valence-corrected chi connectivity index (χ2v) is 5.77. The van der Waals surface area contributed by atoms with E-state index in [0.717, 1.165) is 15.7 Å². The van der Waals surface area contributed by atoms with E-state index in [1.807, 2.05) is 18.2 Å². The highest BCUT2D eigenvalue weighted by atomic mass is 79.9. The van der Waals surface area contributed by atoms with Crippen molar-refractivity contribution in [2.75, 3.05) is 19.5 Å². The van der Waals surface area contributed by atoms with Crippen molar-refractivity contribution in [2.24, 2.45) is 0 Å². The fraction of sp³-hybridized carbons (Fsp3) is 0.214. The smallest absolute Gasteiger partial charge is 0.179 e. The summed E-state index contributed by atoms with van der Waals surface area (Å²) in [6.07, 6.45) is 1.64. The number of aromatic nitrogens is 1. The Kier molecular flexibility index (Phi) is 5.56. The van der Waals surface area contributed by atoms with Crippen LogP contribution in [-0.2, 0) is 6.54 Å². The number of methoxy groups -OCH3 is 2. The van der Waals surface area contributed by atoms with Crippen LogP contribution in [0.5, 0.6) is 11.5 Å². The lowest BCUT2D eigenvalue weighted by atomic mass is 10.2. The largest absolute Gasteiger partial charge is 0.493 e. The minimum absolute atomic E-state index is 0.398. The molecule has 0 fully saturated rings. The average molecular weight is 392 g/mol. The van der Waals surface area contributed by atoms with E-state index in [0.29, 0.717) is 28.2 Å². The highest BCUT2D eigenvalue weighted by molar-refractivity contribution is 9.10. The zero-order valence-corrected chi connectivity index (χ0v) is 14.5. The standard InChI is InChI=1S/C14H13BrCl2N2O2/c1-20-11-4-3-8(12(16)13(11)21-2)6-18-10-5-9(15)7-19-14(10)17/h3-5,7,18H,6H2,1-2H3. The van der Waals surface area contributed by atoms with Crippen LogP contribution in [0.15, 0.2) is 28.9 Å². The molecule has 21 heavy (non-hydrogen) atoms. The zero-order valence-electron chi connectivity index (χ0n) is 11.4. The van der Waals surface area contributed by atoms with Crippen LogP contribution in [-0.4, -0.2) is 19.2 Å². The number of hydrogen-bond acceptors (Lipinski definition) is 4. The SMILES string of the molecule is COc1ccc(CNc2cc(Br)cnc2Cl)c(Cl)c1OC. The molecule has 4 nitrogen and oxygen atoms in total. The molecule has 0 aliphatic heterocycles. The summed E-state index contributed by atoms with van der Waals surface area (Å²) < 4.78 is 11.3. The highest BCUT2D eigenvalue weighted by Gasteiger charge is 2.13. The molecule has 0 bridgehead atoms. The second-order valence-electron chi connectivity index (χ2n) is 4.12. The first-order valence-electron chi connectivity index (χ1n) is 6.01. The Morgan fingerprint density at radius 1 is 1.24 bits per heavy atom. The van der Waals surface area contributed by atoms with Crippen LogP contribution in [0.4, 0.5) is 5.69 Å². The maximum atomic E-state index is 6.33. The van der Waals surface area contributed by atoms with Crippen LogP contribution in [0.3, 0.4) is 0 Å². The molecule has 7 heteroatoms. The number of ether oxygens (including phenoxy) is 2. The molecule has 112 valence electrons. The van der Waals surface area contributed by atoms with Crippen molar-refractivity contribution in [1.29, 1.82) is 0 Å². The Labute approximate surface area is 141 Å². The molecule has 2 aromatic rings. The fourth-order valence-electron chi connectivity index (χ4n) is 1.80. The van der Waals surface area contributed by atoms with Crippen molar-refractivity contribution in [3.8, 4) is 11.5 Å². The topological polar surface area (TPSA) is 43.4 Å². The van der Waals surface area contributed by atoms with Crippen molar-refractivity contribution in [3.05, 3.63) is 44.6 Å². The third-order valence-electron chi connectivity index (χ3n) is 2.84. The molecular formula is C14H13BrCl2N2O2. The Bertz CT molecular complexity index is 653. The maximum absolute atomic E-state index is 6.33. The van der Waals surface area contributed by atoms with E-state index < -0.39 is 0 Å². The second kappa shape index (κ2) is 7.20. The molecule has 0 aliphatic carbocycles. The molecule has 0 unspecified atom stereocenters. The van der Waals surface area contributed by atoms with Gasteiger partial charge in [0.25, 0.3) is 0 Å². The summed E-state index contributed by atoms with van der Waals surface area (Å²) in [5.74, 6) is 1.10. The molecule has 0 spiro atoms. The Balaban J connectivity index is 2.22. The predicted octanol–water partition coefficient (Wildman–Crippen LogP) is 4.78. The number of nitrogens with zero attached hydrogens (tertiary/aromatic N) is 1. The van der Waals surface area contributed by atoms with E-state index in [9.17, 15) is 0 Å². The van der Waals surface area contributed by atoms with Crippen LogP contribution >= 0.6 is 39.1 Å². The lowest BCUT2D eigenvalue weighted by molar-refractivity contribution is 0.355. The van der Waals surface area contributed by atoms with Gasteiger partial charge in [-0.3, -0.25) is 0 Å². The van der Waals surface area contributed by atoms with Gasteiger partial charge >= 0.3 is 0 Å². The normalized spacial score (nSPS) is 10.3. The molecular weight excluding hydrogens is 379 g/mol. The van der Waals surface area contributed by atoms with E-state index in [1.54, 1.807) is 20.4 Å². The molecule has 0 atom stereocenters. The van der Waals surface area contributed by atoms with Gasteiger partial charge in [0.1, 0.15) is 0 Å². The number of anilines is 1. The van der Waals surface area contributed by atoms with Gasteiger partial charge in [0.2, 0.25) is 0 Å². The van der Waals surface area contributed by atoms with E-state index in [4.69, 9.17) is 32.7 Å². The number of hydrogen-bond donors (Lipinski definition) is 1. The van der Waals surface area contributed by atoms with E-state index in [2.05, 4.69) is 26.2 Å². The van der Waals surface area contributed by atoms with Crippen LogP contribution in [0.1, 0.15) is 5.56 Å². The van der Waals surface area contributed by atoms with Crippen molar-refractivity contribution in [1.82, 2.24) is 4.98 Å². The van der Waals surface area contributed by atoms with Crippen molar-refractivity contribution < 1.29 is 9.47 Å². The Hall–Kier alpha value is -1.17. The van der Waals surface area contributed by atoms with Gasteiger partial charge in [0.05, 0.1) is 24.9 Å². The lowest BCUT2D eigenvalue weighted by Gasteiger charge is -2.14. The maximum Gasteiger partial charge on any atom is 0.179 e. The number of nitrogens with one attached hydrogen (secondary N) is 1. The first kappa shape index (κ1) is 16.2. The molecule has 2 rings (SSSR count). The van der Waals surface area contributed by atoms with Gasteiger partial charge < -0.3 is 14.8 Å². The third-order valence-corrected chi connectivity index (χ3v) is 3.99. The Morgan fingerprint density at radius 3 is 2.67 bits per heavy atom. The molecule has 0 radical (unpaired) electrons. The molecule has 0 amide bonds. The van der Waals surface area contributed by atoms with Gasteiger partial charge in [-0.15, -0.1) is 0 Å². The van der Waals surface area contributed by atoms with Gasteiger partial charge in [0.15, 0.2) is 16.7 Å². The average Bonchev–Trinajstić information content (AvgIpc) is 2.48. The summed E-state index contributed by atoms with van der Waals surface area (Å²) in [5.41, 5.74) is 1.59.